The lowest BCUT2D eigenvalue weighted by atomic mass is 10.1. The number of halogens is 1. The number of ether oxygens (including phenoxy) is 2. The maximum absolute atomic E-state index is 12.9. The Bertz CT molecular complexity index is 855. The van der Waals surface area contributed by atoms with Gasteiger partial charge in [0.15, 0.2) is 0 Å². The van der Waals surface area contributed by atoms with Crippen molar-refractivity contribution in [2.45, 2.75) is 25.7 Å². The van der Waals surface area contributed by atoms with E-state index in [1.54, 1.807) is 13.8 Å². The fourth-order valence-corrected chi connectivity index (χ4v) is 4.47. The predicted molar refractivity (Wildman–Crippen MR) is 96.0 cm³/mol. The number of hydrogen-bond donors (Lipinski definition) is 1. The second-order valence-corrected chi connectivity index (χ2v) is 7.55. The molecule has 0 saturated heterocycles. The summed E-state index contributed by atoms with van der Waals surface area (Å²) in [5, 5.41) is 0.333. The molecule has 0 aliphatic carbocycles. The molecule has 0 aliphatic heterocycles. The van der Waals surface area contributed by atoms with Crippen molar-refractivity contribution in [3.8, 4) is 11.5 Å². The van der Waals surface area contributed by atoms with Gasteiger partial charge in [0.05, 0.1) is 29.8 Å². The van der Waals surface area contributed by atoms with E-state index < -0.39 is 10.0 Å². The van der Waals surface area contributed by atoms with Crippen LogP contribution in [0.1, 0.15) is 16.7 Å². The van der Waals surface area contributed by atoms with Gasteiger partial charge in [0.1, 0.15) is 11.5 Å². The Labute approximate surface area is 147 Å². The average molecular weight is 370 g/mol. The molecule has 0 bridgehead atoms. The van der Waals surface area contributed by atoms with Crippen LogP contribution in [0.3, 0.4) is 0 Å². The smallest absolute Gasteiger partial charge is 0.262 e. The normalized spacial score (nSPS) is 11.2. The zero-order valence-corrected chi connectivity index (χ0v) is 15.8. The maximum Gasteiger partial charge on any atom is 0.262 e. The number of anilines is 1. The van der Waals surface area contributed by atoms with Gasteiger partial charge in [-0.05, 0) is 31.9 Å². The third kappa shape index (κ3) is 3.60. The van der Waals surface area contributed by atoms with Gasteiger partial charge in [-0.25, -0.2) is 8.42 Å². The third-order valence-electron chi connectivity index (χ3n) is 3.59. The highest BCUT2D eigenvalue weighted by atomic mass is 35.5. The molecule has 0 fully saturated rings. The molecule has 2 aromatic rings. The Morgan fingerprint density at radius 2 is 1.46 bits per heavy atom. The van der Waals surface area contributed by atoms with Gasteiger partial charge in [-0.1, -0.05) is 29.3 Å². The number of nitrogens with one attached hydrogen (secondary N) is 1. The van der Waals surface area contributed by atoms with Crippen molar-refractivity contribution < 1.29 is 17.9 Å². The summed E-state index contributed by atoms with van der Waals surface area (Å²) in [5.41, 5.74) is 2.63. The van der Waals surface area contributed by atoms with E-state index >= 15 is 0 Å². The van der Waals surface area contributed by atoms with E-state index in [9.17, 15) is 8.42 Å². The second-order valence-electron chi connectivity index (χ2n) is 5.52. The Kier molecular flexibility index (Phi) is 5.30. The maximum atomic E-state index is 12.9. The van der Waals surface area contributed by atoms with Gasteiger partial charge in [-0.2, -0.15) is 0 Å². The van der Waals surface area contributed by atoms with Crippen LogP contribution in [0.2, 0.25) is 5.02 Å². The lowest BCUT2D eigenvalue weighted by molar-refractivity contribution is 0.405. The molecule has 0 amide bonds. The molecule has 130 valence electrons. The summed E-state index contributed by atoms with van der Waals surface area (Å²) in [5.74, 6) is 0.666. The molecule has 0 atom stereocenters. The third-order valence-corrected chi connectivity index (χ3v) is 5.56. The first-order chi connectivity index (χ1) is 11.2. The highest BCUT2D eigenvalue weighted by Gasteiger charge is 2.22. The van der Waals surface area contributed by atoms with E-state index in [4.69, 9.17) is 21.1 Å². The Balaban J connectivity index is 2.55. The molecule has 0 aliphatic rings. The van der Waals surface area contributed by atoms with E-state index in [1.165, 1.54) is 26.4 Å². The minimum atomic E-state index is -3.79. The van der Waals surface area contributed by atoms with Crippen LogP contribution in [0.15, 0.2) is 29.2 Å². The summed E-state index contributed by atoms with van der Waals surface area (Å²) in [6, 6.07) is 6.67. The molecule has 2 aromatic carbocycles. The van der Waals surface area contributed by atoms with Crippen LogP contribution < -0.4 is 14.2 Å². The zero-order chi connectivity index (χ0) is 18.1. The average Bonchev–Trinajstić information content (AvgIpc) is 2.46. The highest BCUT2D eigenvalue weighted by Crippen LogP contribution is 2.37. The van der Waals surface area contributed by atoms with Crippen molar-refractivity contribution in [1.29, 1.82) is 0 Å². The monoisotopic (exact) mass is 369 g/mol. The number of aryl methyl sites for hydroxylation is 3. The molecule has 5 nitrogen and oxygen atoms in total. The Morgan fingerprint density at radius 1 is 0.917 bits per heavy atom. The topological polar surface area (TPSA) is 64.6 Å². The molecule has 2 rings (SSSR count). The van der Waals surface area contributed by atoms with Crippen LogP contribution in [0.5, 0.6) is 11.5 Å². The number of methoxy groups -OCH3 is 2. The van der Waals surface area contributed by atoms with Crippen molar-refractivity contribution in [3.63, 3.8) is 0 Å². The molecular formula is C17H20ClNO4S. The number of rotatable bonds is 5. The van der Waals surface area contributed by atoms with Crippen molar-refractivity contribution in [3.05, 3.63) is 46.0 Å². The molecule has 7 heteroatoms. The van der Waals surface area contributed by atoms with Gasteiger partial charge >= 0.3 is 0 Å². The molecule has 0 saturated carbocycles. The number of benzene rings is 2. The first kappa shape index (κ1) is 18.4. The molecule has 1 N–H and O–H groups in total. The van der Waals surface area contributed by atoms with Crippen LogP contribution >= 0.6 is 11.6 Å². The van der Waals surface area contributed by atoms with Crippen LogP contribution in [0, 0.1) is 20.8 Å². The molecule has 24 heavy (non-hydrogen) atoms. The quantitative estimate of drug-likeness (QED) is 0.862. The molecular weight excluding hydrogens is 350 g/mol. The molecule has 0 radical (unpaired) electrons. The fourth-order valence-electron chi connectivity index (χ4n) is 2.73. The van der Waals surface area contributed by atoms with Gasteiger partial charge in [-0.3, -0.25) is 4.72 Å². The molecule has 0 spiro atoms. The van der Waals surface area contributed by atoms with Crippen molar-refractivity contribution >= 4 is 27.3 Å². The van der Waals surface area contributed by atoms with Crippen molar-refractivity contribution in [1.82, 2.24) is 0 Å². The fraction of sp³-hybridized carbons (Fsp3) is 0.294. The van der Waals surface area contributed by atoms with Crippen LogP contribution in [0.4, 0.5) is 5.69 Å². The van der Waals surface area contributed by atoms with E-state index in [0.717, 1.165) is 5.56 Å². The first-order valence-corrected chi connectivity index (χ1v) is 9.08. The van der Waals surface area contributed by atoms with Crippen LogP contribution in [-0.2, 0) is 10.0 Å². The van der Waals surface area contributed by atoms with Gasteiger partial charge in [0, 0.05) is 12.1 Å². The lowest BCUT2D eigenvalue weighted by Crippen LogP contribution is -2.16. The molecule has 0 heterocycles. The van der Waals surface area contributed by atoms with E-state index in [1.807, 2.05) is 19.1 Å². The number of hydrogen-bond acceptors (Lipinski definition) is 4. The van der Waals surface area contributed by atoms with Gasteiger partial charge in [0.25, 0.3) is 10.0 Å². The van der Waals surface area contributed by atoms with E-state index in [2.05, 4.69) is 4.72 Å². The van der Waals surface area contributed by atoms with E-state index in [-0.39, 0.29) is 10.6 Å². The van der Waals surface area contributed by atoms with Crippen molar-refractivity contribution in [2.24, 2.45) is 0 Å². The first-order valence-electron chi connectivity index (χ1n) is 7.21. The Hall–Kier alpha value is -1.92. The molecule has 0 unspecified atom stereocenters. The van der Waals surface area contributed by atoms with Gasteiger partial charge < -0.3 is 9.47 Å². The summed E-state index contributed by atoms with van der Waals surface area (Å²) in [6.07, 6.45) is 0. The summed E-state index contributed by atoms with van der Waals surface area (Å²) in [4.78, 5) is 0.254. The summed E-state index contributed by atoms with van der Waals surface area (Å²) >= 11 is 6.05. The summed E-state index contributed by atoms with van der Waals surface area (Å²) in [6.45, 7) is 5.47. The number of sulfonamides is 1. The SMILES string of the molecule is COc1cc(NS(=O)(=O)c2c(C)cc(C)cc2C)c(OC)cc1Cl. The largest absolute Gasteiger partial charge is 0.495 e. The minimum absolute atomic E-state index is 0.254. The van der Waals surface area contributed by atoms with Crippen molar-refractivity contribution in [2.75, 3.05) is 18.9 Å². The molecule has 0 aromatic heterocycles. The summed E-state index contributed by atoms with van der Waals surface area (Å²) in [7, 11) is -0.889. The van der Waals surface area contributed by atoms with Crippen LogP contribution in [-0.4, -0.2) is 22.6 Å². The zero-order valence-electron chi connectivity index (χ0n) is 14.2. The lowest BCUT2D eigenvalue weighted by Gasteiger charge is -2.17. The highest BCUT2D eigenvalue weighted by molar-refractivity contribution is 7.92. The minimum Gasteiger partial charge on any atom is -0.495 e. The van der Waals surface area contributed by atoms with Crippen LogP contribution in [0.25, 0.3) is 0 Å². The standard InChI is InChI=1S/C17H20ClNO4S/c1-10-6-11(2)17(12(3)7-10)24(20,21)19-14-9-15(22-4)13(18)8-16(14)23-5/h6-9,19H,1-5H3. The summed E-state index contributed by atoms with van der Waals surface area (Å²) < 4.78 is 38.7. The second kappa shape index (κ2) is 6.91. The van der Waals surface area contributed by atoms with Gasteiger partial charge in [0.2, 0.25) is 0 Å². The van der Waals surface area contributed by atoms with Gasteiger partial charge in [-0.15, -0.1) is 0 Å². The Morgan fingerprint density at radius 3 is 1.96 bits per heavy atom. The predicted octanol–water partition coefficient (Wildman–Crippen LogP) is 4.08. The van der Waals surface area contributed by atoms with E-state index in [0.29, 0.717) is 27.6 Å².